The Labute approximate surface area is 120 Å². The minimum atomic E-state index is -0.383. The maximum absolute atomic E-state index is 13.3. The number of carbonyl (C=O) groups is 1. The van der Waals surface area contributed by atoms with Gasteiger partial charge >= 0.3 is 0 Å². The zero-order chi connectivity index (χ0) is 15.0. The van der Waals surface area contributed by atoms with E-state index in [1.165, 1.54) is 31.4 Å². The van der Waals surface area contributed by atoms with Crippen LogP contribution in [0, 0.1) is 5.82 Å². The van der Waals surface area contributed by atoms with Crippen molar-refractivity contribution in [2.24, 2.45) is 4.99 Å². The topological polar surface area (TPSA) is 58.9 Å². The van der Waals surface area contributed by atoms with Gasteiger partial charge in [0.15, 0.2) is 17.3 Å². The number of aromatic hydroxyl groups is 1. The summed E-state index contributed by atoms with van der Waals surface area (Å²) in [5.74, 6) is -0.386. The molecule has 0 fully saturated rings. The zero-order valence-corrected chi connectivity index (χ0v) is 11.3. The minimum absolute atomic E-state index is 0.0877. The number of aliphatic imine (C=N–C) groups is 1. The molecule has 1 aliphatic heterocycles. The monoisotopic (exact) mass is 285 g/mol. The Hall–Kier alpha value is -2.69. The molecule has 0 aliphatic carbocycles. The molecule has 3 rings (SSSR count). The van der Waals surface area contributed by atoms with Crippen LogP contribution in [0.5, 0.6) is 11.5 Å². The molecule has 0 unspecified atom stereocenters. The molecule has 0 saturated carbocycles. The van der Waals surface area contributed by atoms with E-state index in [2.05, 4.69) is 4.99 Å². The Morgan fingerprint density at radius 3 is 2.81 bits per heavy atom. The lowest BCUT2D eigenvalue weighted by atomic mass is 9.95. The standard InChI is InChI=1S/C16H12FNO3/c1-21-16-6-11-13(8-15(16)20)18-12(7-14(11)19)9-3-2-4-10(17)5-9/h2-6,8,20H,7H2,1H3. The summed E-state index contributed by atoms with van der Waals surface area (Å²) in [5.41, 5.74) is 1.80. The summed E-state index contributed by atoms with van der Waals surface area (Å²) < 4.78 is 18.3. The molecule has 1 heterocycles. The number of phenols is 1. The van der Waals surface area contributed by atoms with Gasteiger partial charge in [0.25, 0.3) is 0 Å². The number of hydrogen-bond donors (Lipinski definition) is 1. The van der Waals surface area contributed by atoms with Crippen molar-refractivity contribution >= 4 is 17.2 Å². The van der Waals surface area contributed by atoms with Crippen LogP contribution in [0.3, 0.4) is 0 Å². The average molecular weight is 285 g/mol. The first-order valence-corrected chi connectivity index (χ1v) is 6.36. The Balaban J connectivity index is 2.12. The van der Waals surface area contributed by atoms with E-state index in [1.54, 1.807) is 12.1 Å². The first kappa shape index (κ1) is 13.3. The molecule has 2 aromatic rings. The first-order valence-electron chi connectivity index (χ1n) is 6.36. The molecule has 4 nitrogen and oxygen atoms in total. The number of carbonyl (C=O) groups excluding carboxylic acids is 1. The maximum Gasteiger partial charge on any atom is 0.171 e. The van der Waals surface area contributed by atoms with Gasteiger partial charge in [-0.2, -0.15) is 0 Å². The quantitative estimate of drug-likeness (QED) is 0.921. The van der Waals surface area contributed by atoms with E-state index in [-0.39, 0.29) is 29.5 Å². The van der Waals surface area contributed by atoms with Gasteiger partial charge in [0.05, 0.1) is 24.9 Å². The molecule has 106 valence electrons. The van der Waals surface area contributed by atoms with E-state index in [4.69, 9.17) is 4.74 Å². The number of hydrogen-bond acceptors (Lipinski definition) is 4. The van der Waals surface area contributed by atoms with Gasteiger partial charge in [-0.3, -0.25) is 9.79 Å². The predicted octanol–water partition coefficient (Wildman–Crippen LogP) is 3.25. The van der Waals surface area contributed by atoms with Gasteiger partial charge in [0.2, 0.25) is 0 Å². The third kappa shape index (κ3) is 2.38. The Morgan fingerprint density at radius 1 is 1.29 bits per heavy atom. The van der Waals surface area contributed by atoms with Crippen molar-refractivity contribution in [3.63, 3.8) is 0 Å². The smallest absolute Gasteiger partial charge is 0.171 e. The summed E-state index contributed by atoms with van der Waals surface area (Å²) in [6.45, 7) is 0. The number of phenolic OH excluding ortho intramolecular Hbond substituents is 1. The molecule has 21 heavy (non-hydrogen) atoms. The van der Waals surface area contributed by atoms with Crippen molar-refractivity contribution in [3.05, 3.63) is 53.3 Å². The number of ether oxygens (including phenoxy) is 1. The van der Waals surface area contributed by atoms with Crippen LogP contribution in [0.15, 0.2) is 41.4 Å². The Kier molecular flexibility index (Phi) is 3.17. The molecule has 0 aromatic heterocycles. The number of nitrogens with zero attached hydrogens (tertiary/aromatic N) is 1. The van der Waals surface area contributed by atoms with Gasteiger partial charge in [0.1, 0.15) is 5.82 Å². The largest absolute Gasteiger partial charge is 0.504 e. The highest BCUT2D eigenvalue weighted by Gasteiger charge is 2.23. The van der Waals surface area contributed by atoms with E-state index >= 15 is 0 Å². The van der Waals surface area contributed by atoms with Crippen molar-refractivity contribution in [1.82, 2.24) is 0 Å². The molecular weight excluding hydrogens is 273 g/mol. The molecule has 0 atom stereocenters. The van der Waals surface area contributed by atoms with Gasteiger partial charge in [-0.1, -0.05) is 12.1 Å². The molecule has 1 aliphatic rings. The lowest BCUT2D eigenvalue weighted by molar-refractivity contribution is 0.0999. The first-order chi connectivity index (χ1) is 10.1. The van der Waals surface area contributed by atoms with Crippen LogP contribution in [0.4, 0.5) is 10.1 Å². The second-order valence-electron chi connectivity index (χ2n) is 4.71. The van der Waals surface area contributed by atoms with Crippen LogP contribution >= 0.6 is 0 Å². The molecule has 0 radical (unpaired) electrons. The van der Waals surface area contributed by atoms with Gasteiger partial charge in [-0.15, -0.1) is 0 Å². The molecule has 0 saturated heterocycles. The van der Waals surface area contributed by atoms with Crippen LogP contribution < -0.4 is 4.74 Å². The number of rotatable bonds is 2. The van der Waals surface area contributed by atoms with Gasteiger partial charge in [0, 0.05) is 11.6 Å². The highest BCUT2D eigenvalue weighted by Crippen LogP contribution is 2.37. The number of Topliss-reactive ketones (excluding diaryl/α,β-unsaturated/α-hetero) is 1. The van der Waals surface area contributed by atoms with Crippen molar-refractivity contribution in [1.29, 1.82) is 0 Å². The number of fused-ring (bicyclic) bond motifs is 1. The summed E-state index contributed by atoms with van der Waals surface area (Å²) in [7, 11) is 1.41. The number of benzene rings is 2. The van der Waals surface area contributed by atoms with E-state index in [1.807, 2.05) is 0 Å². The SMILES string of the molecule is COc1cc2c(cc1O)N=C(c1cccc(F)c1)CC2=O. The van der Waals surface area contributed by atoms with E-state index in [0.29, 0.717) is 22.5 Å². The normalized spacial score (nSPS) is 13.6. The highest BCUT2D eigenvalue weighted by atomic mass is 19.1. The van der Waals surface area contributed by atoms with Gasteiger partial charge in [-0.05, 0) is 23.8 Å². The number of methoxy groups -OCH3 is 1. The van der Waals surface area contributed by atoms with E-state index in [9.17, 15) is 14.3 Å². The molecule has 0 bridgehead atoms. The molecular formula is C16H12FNO3. The fourth-order valence-electron chi connectivity index (χ4n) is 2.30. The summed E-state index contributed by atoms with van der Waals surface area (Å²) >= 11 is 0. The number of halogens is 1. The summed E-state index contributed by atoms with van der Waals surface area (Å²) in [6.07, 6.45) is 0.0877. The lowest BCUT2D eigenvalue weighted by Crippen LogP contribution is -2.14. The third-order valence-electron chi connectivity index (χ3n) is 3.34. The molecule has 5 heteroatoms. The fourth-order valence-corrected chi connectivity index (χ4v) is 2.30. The van der Waals surface area contributed by atoms with E-state index < -0.39 is 0 Å². The summed E-state index contributed by atoms with van der Waals surface area (Å²) in [4.78, 5) is 16.6. The number of ketones is 1. The maximum atomic E-state index is 13.3. The molecule has 1 N–H and O–H groups in total. The minimum Gasteiger partial charge on any atom is -0.504 e. The lowest BCUT2D eigenvalue weighted by Gasteiger charge is -2.16. The zero-order valence-electron chi connectivity index (χ0n) is 11.3. The average Bonchev–Trinajstić information content (AvgIpc) is 2.46. The highest BCUT2D eigenvalue weighted by molar-refractivity contribution is 6.21. The van der Waals surface area contributed by atoms with Crippen molar-refractivity contribution < 1.29 is 19.0 Å². The van der Waals surface area contributed by atoms with Gasteiger partial charge < -0.3 is 9.84 Å². The molecule has 0 spiro atoms. The van der Waals surface area contributed by atoms with Crippen LogP contribution in [0.25, 0.3) is 0 Å². The second kappa shape index (κ2) is 5.01. The summed E-state index contributed by atoms with van der Waals surface area (Å²) in [6, 6.07) is 8.78. The summed E-state index contributed by atoms with van der Waals surface area (Å²) in [5, 5.41) is 9.79. The molecule has 2 aromatic carbocycles. The molecule has 0 amide bonds. The second-order valence-corrected chi connectivity index (χ2v) is 4.71. The third-order valence-corrected chi connectivity index (χ3v) is 3.34. The van der Waals surface area contributed by atoms with Crippen molar-refractivity contribution in [2.45, 2.75) is 6.42 Å². The van der Waals surface area contributed by atoms with E-state index in [0.717, 1.165) is 0 Å². The van der Waals surface area contributed by atoms with Gasteiger partial charge in [-0.25, -0.2) is 4.39 Å². The Bertz CT molecular complexity index is 768. The van der Waals surface area contributed by atoms with Crippen LogP contribution in [0.1, 0.15) is 22.3 Å². The van der Waals surface area contributed by atoms with Crippen LogP contribution in [-0.2, 0) is 0 Å². The van der Waals surface area contributed by atoms with Crippen LogP contribution in [-0.4, -0.2) is 23.7 Å². The van der Waals surface area contributed by atoms with Crippen LogP contribution in [0.2, 0.25) is 0 Å². The van der Waals surface area contributed by atoms with Crippen molar-refractivity contribution in [3.8, 4) is 11.5 Å². The fraction of sp³-hybridized carbons (Fsp3) is 0.125. The predicted molar refractivity (Wildman–Crippen MR) is 76.2 cm³/mol. The van der Waals surface area contributed by atoms with Crippen molar-refractivity contribution in [2.75, 3.05) is 7.11 Å². The Morgan fingerprint density at radius 2 is 2.10 bits per heavy atom.